The van der Waals surface area contributed by atoms with Gasteiger partial charge in [0.1, 0.15) is 23.9 Å². The van der Waals surface area contributed by atoms with Crippen molar-refractivity contribution >= 4 is 5.91 Å². The fraction of sp³-hybridized carbons (Fsp3) is 0.238. The summed E-state index contributed by atoms with van der Waals surface area (Å²) in [5, 5.41) is 6.69. The van der Waals surface area contributed by atoms with E-state index < -0.39 is 0 Å². The molecule has 6 nitrogen and oxygen atoms in total. The van der Waals surface area contributed by atoms with Gasteiger partial charge in [-0.25, -0.2) is 4.39 Å². The topological polar surface area (TPSA) is 73.6 Å². The molecule has 0 saturated carbocycles. The summed E-state index contributed by atoms with van der Waals surface area (Å²) in [6.45, 7) is 2.86. The van der Waals surface area contributed by atoms with Crippen LogP contribution >= 0.6 is 0 Å². The van der Waals surface area contributed by atoms with Crippen molar-refractivity contribution in [2.24, 2.45) is 0 Å². The fourth-order valence-corrected chi connectivity index (χ4v) is 2.57. The molecule has 0 saturated heterocycles. The maximum Gasteiger partial charge on any atom is 0.246 e. The number of ether oxygens (including phenoxy) is 2. The zero-order chi connectivity index (χ0) is 19.8. The van der Waals surface area contributed by atoms with E-state index in [-0.39, 0.29) is 24.9 Å². The smallest absolute Gasteiger partial charge is 0.246 e. The molecule has 1 N–H and O–H groups in total. The summed E-state index contributed by atoms with van der Waals surface area (Å²) in [5.74, 6) is 0.702. The van der Waals surface area contributed by atoms with E-state index in [0.29, 0.717) is 30.2 Å². The summed E-state index contributed by atoms with van der Waals surface area (Å²) in [4.78, 5) is 12.0. The van der Waals surface area contributed by atoms with E-state index in [1.165, 1.54) is 12.1 Å². The minimum absolute atomic E-state index is 0.102. The number of para-hydroxylation sites is 1. The highest BCUT2D eigenvalue weighted by Gasteiger charge is 2.09. The van der Waals surface area contributed by atoms with E-state index in [1.54, 1.807) is 18.2 Å². The van der Waals surface area contributed by atoms with Crippen LogP contribution in [0.5, 0.6) is 5.75 Å². The van der Waals surface area contributed by atoms with Crippen LogP contribution < -0.4 is 10.1 Å². The van der Waals surface area contributed by atoms with Crippen LogP contribution in [-0.2, 0) is 22.7 Å². The van der Waals surface area contributed by atoms with Crippen molar-refractivity contribution in [3.05, 3.63) is 71.7 Å². The molecular weight excluding hydrogens is 363 g/mol. The summed E-state index contributed by atoms with van der Waals surface area (Å²) in [6.07, 6.45) is 0. The molecule has 0 aliphatic rings. The molecule has 0 aliphatic heterocycles. The minimum atomic E-state index is -0.318. The van der Waals surface area contributed by atoms with Crippen LogP contribution in [0.15, 0.2) is 59.1 Å². The molecule has 28 heavy (non-hydrogen) atoms. The molecule has 3 rings (SSSR count). The standard InChI is InChI=1S/C21H21FN2O4/c1-2-27-19-6-4-3-5-16(19)12-23-21(25)14-26-13-18-11-20(28-24-18)15-7-9-17(22)10-8-15/h3-11H,2,12-14H2,1H3,(H,23,25). The Balaban J connectivity index is 1.44. The van der Waals surface area contributed by atoms with Gasteiger partial charge in [-0.3, -0.25) is 4.79 Å². The van der Waals surface area contributed by atoms with Crippen LogP contribution in [0.4, 0.5) is 4.39 Å². The first-order chi connectivity index (χ1) is 13.7. The number of amides is 1. The highest BCUT2D eigenvalue weighted by atomic mass is 19.1. The number of carbonyl (C=O) groups excluding carboxylic acids is 1. The largest absolute Gasteiger partial charge is 0.494 e. The predicted octanol–water partition coefficient (Wildman–Crippen LogP) is 3.71. The molecule has 0 unspecified atom stereocenters. The Labute approximate surface area is 162 Å². The lowest BCUT2D eigenvalue weighted by atomic mass is 10.1. The molecule has 2 aromatic carbocycles. The Morgan fingerprint density at radius 2 is 1.96 bits per heavy atom. The summed E-state index contributed by atoms with van der Waals surface area (Å²) >= 11 is 0. The fourth-order valence-electron chi connectivity index (χ4n) is 2.57. The van der Waals surface area contributed by atoms with Gasteiger partial charge in [-0.1, -0.05) is 23.4 Å². The lowest BCUT2D eigenvalue weighted by Gasteiger charge is -2.10. The van der Waals surface area contributed by atoms with Gasteiger partial charge in [0.15, 0.2) is 5.76 Å². The van der Waals surface area contributed by atoms with Crippen molar-refractivity contribution in [2.45, 2.75) is 20.1 Å². The molecule has 0 spiro atoms. The number of nitrogens with zero attached hydrogens (tertiary/aromatic N) is 1. The number of nitrogens with one attached hydrogen (secondary N) is 1. The molecule has 0 aliphatic carbocycles. The van der Waals surface area contributed by atoms with E-state index in [0.717, 1.165) is 11.3 Å². The van der Waals surface area contributed by atoms with Crippen molar-refractivity contribution in [1.29, 1.82) is 0 Å². The number of aromatic nitrogens is 1. The van der Waals surface area contributed by atoms with Crippen LogP contribution in [-0.4, -0.2) is 24.3 Å². The van der Waals surface area contributed by atoms with Gasteiger partial charge in [-0.05, 0) is 37.3 Å². The molecule has 0 radical (unpaired) electrons. The Morgan fingerprint density at radius 1 is 1.18 bits per heavy atom. The SMILES string of the molecule is CCOc1ccccc1CNC(=O)COCc1cc(-c2ccc(F)cc2)on1. The summed E-state index contributed by atoms with van der Waals surface area (Å²) < 4.78 is 29.1. The van der Waals surface area contributed by atoms with Crippen LogP contribution in [0.1, 0.15) is 18.2 Å². The van der Waals surface area contributed by atoms with E-state index in [9.17, 15) is 9.18 Å². The minimum Gasteiger partial charge on any atom is -0.494 e. The quantitative estimate of drug-likeness (QED) is 0.609. The van der Waals surface area contributed by atoms with Crippen molar-refractivity contribution in [3.8, 4) is 17.1 Å². The average Bonchev–Trinajstić information content (AvgIpc) is 3.17. The second-order valence-electron chi connectivity index (χ2n) is 6.00. The van der Waals surface area contributed by atoms with Gasteiger partial charge in [-0.2, -0.15) is 0 Å². The van der Waals surface area contributed by atoms with Gasteiger partial charge < -0.3 is 19.3 Å². The van der Waals surface area contributed by atoms with Gasteiger partial charge >= 0.3 is 0 Å². The monoisotopic (exact) mass is 384 g/mol. The van der Waals surface area contributed by atoms with Crippen molar-refractivity contribution < 1.29 is 23.2 Å². The highest BCUT2D eigenvalue weighted by molar-refractivity contribution is 5.77. The Kier molecular flexibility index (Phi) is 6.75. The van der Waals surface area contributed by atoms with Gasteiger partial charge in [-0.15, -0.1) is 0 Å². The van der Waals surface area contributed by atoms with Crippen LogP contribution in [0, 0.1) is 5.82 Å². The lowest BCUT2D eigenvalue weighted by molar-refractivity contribution is -0.126. The van der Waals surface area contributed by atoms with Crippen LogP contribution in [0.25, 0.3) is 11.3 Å². The first-order valence-corrected chi connectivity index (χ1v) is 8.92. The van der Waals surface area contributed by atoms with Crippen molar-refractivity contribution in [1.82, 2.24) is 10.5 Å². The number of benzene rings is 2. The third-order valence-corrected chi connectivity index (χ3v) is 3.92. The molecule has 3 aromatic rings. The van der Waals surface area contributed by atoms with Gasteiger partial charge in [0.2, 0.25) is 5.91 Å². The van der Waals surface area contributed by atoms with Gasteiger partial charge in [0.25, 0.3) is 0 Å². The third kappa shape index (κ3) is 5.40. The van der Waals surface area contributed by atoms with E-state index in [2.05, 4.69) is 10.5 Å². The second-order valence-corrected chi connectivity index (χ2v) is 6.00. The van der Waals surface area contributed by atoms with Crippen LogP contribution in [0.3, 0.4) is 0 Å². The van der Waals surface area contributed by atoms with Crippen molar-refractivity contribution in [2.75, 3.05) is 13.2 Å². The molecule has 7 heteroatoms. The summed E-state index contributed by atoms with van der Waals surface area (Å²) in [6, 6.07) is 15.2. The lowest BCUT2D eigenvalue weighted by Crippen LogP contribution is -2.27. The summed E-state index contributed by atoms with van der Waals surface area (Å²) in [7, 11) is 0. The molecule has 1 heterocycles. The maximum absolute atomic E-state index is 13.0. The van der Waals surface area contributed by atoms with E-state index in [1.807, 2.05) is 31.2 Å². The van der Waals surface area contributed by atoms with Gasteiger partial charge in [0.05, 0.1) is 13.2 Å². The zero-order valence-electron chi connectivity index (χ0n) is 15.5. The molecule has 1 aromatic heterocycles. The van der Waals surface area contributed by atoms with Gasteiger partial charge in [0, 0.05) is 23.7 Å². The summed E-state index contributed by atoms with van der Waals surface area (Å²) in [5.41, 5.74) is 2.16. The maximum atomic E-state index is 13.0. The predicted molar refractivity (Wildman–Crippen MR) is 101 cm³/mol. The normalized spacial score (nSPS) is 10.6. The zero-order valence-corrected chi connectivity index (χ0v) is 15.5. The van der Waals surface area contributed by atoms with Crippen molar-refractivity contribution in [3.63, 3.8) is 0 Å². The Bertz CT molecular complexity index is 909. The first kappa shape index (κ1) is 19.6. The number of rotatable bonds is 9. The Hall–Kier alpha value is -3.19. The number of halogens is 1. The van der Waals surface area contributed by atoms with E-state index in [4.69, 9.17) is 14.0 Å². The number of carbonyl (C=O) groups is 1. The third-order valence-electron chi connectivity index (χ3n) is 3.92. The molecule has 1 amide bonds. The molecule has 0 atom stereocenters. The Morgan fingerprint density at radius 3 is 2.75 bits per heavy atom. The molecule has 0 fully saturated rings. The molecular formula is C21H21FN2O4. The molecule has 146 valence electrons. The van der Waals surface area contributed by atoms with Crippen LogP contribution in [0.2, 0.25) is 0 Å². The first-order valence-electron chi connectivity index (χ1n) is 8.92. The highest BCUT2D eigenvalue weighted by Crippen LogP contribution is 2.21. The van der Waals surface area contributed by atoms with E-state index >= 15 is 0 Å². The average molecular weight is 384 g/mol. The number of hydrogen-bond acceptors (Lipinski definition) is 5. The second kappa shape index (κ2) is 9.66. The number of hydrogen-bond donors (Lipinski definition) is 1. The molecule has 0 bridgehead atoms.